The van der Waals surface area contributed by atoms with E-state index in [1.807, 2.05) is 0 Å². The standard InChI is InChI=1S/C8H11N3O/c1-5-3-6(8(12)10-2)4-7(9)11-5/h3-4H,1-2H3,(H2,9,11)(H,10,12). The zero-order valence-electron chi connectivity index (χ0n) is 7.09. The van der Waals surface area contributed by atoms with Crippen molar-refractivity contribution in [2.75, 3.05) is 12.8 Å². The van der Waals surface area contributed by atoms with E-state index < -0.39 is 0 Å². The number of nitrogens with zero attached hydrogens (tertiary/aromatic N) is 1. The number of nitrogen functional groups attached to an aromatic ring is 1. The van der Waals surface area contributed by atoms with E-state index in [4.69, 9.17) is 5.73 Å². The molecule has 1 aromatic rings. The zero-order valence-corrected chi connectivity index (χ0v) is 7.09. The first-order valence-electron chi connectivity index (χ1n) is 3.59. The van der Waals surface area contributed by atoms with Crippen molar-refractivity contribution in [1.82, 2.24) is 10.3 Å². The van der Waals surface area contributed by atoms with Gasteiger partial charge in [-0.1, -0.05) is 0 Å². The summed E-state index contributed by atoms with van der Waals surface area (Å²) in [6.07, 6.45) is 0. The first-order valence-corrected chi connectivity index (χ1v) is 3.59. The van der Waals surface area contributed by atoms with Gasteiger partial charge in [-0.3, -0.25) is 4.79 Å². The first kappa shape index (κ1) is 8.52. The quantitative estimate of drug-likeness (QED) is 0.630. The SMILES string of the molecule is CNC(=O)c1cc(C)nc(N)c1. The molecule has 12 heavy (non-hydrogen) atoms. The lowest BCUT2D eigenvalue weighted by Crippen LogP contribution is -2.18. The van der Waals surface area contributed by atoms with Crippen molar-refractivity contribution >= 4 is 11.7 Å². The summed E-state index contributed by atoms with van der Waals surface area (Å²) in [6, 6.07) is 3.24. The van der Waals surface area contributed by atoms with E-state index in [9.17, 15) is 4.79 Å². The molecule has 1 aromatic heterocycles. The molecule has 4 nitrogen and oxygen atoms in total. The molecule has 0 fully saturated rings. The summed E-state index contributed by atoms with van der Waals surface area (Å²) in [5.74, 6) is 0.223. The van der Waals surface area contributed by atoms with E-state index in [1.54, 1.807) is 26.1 Å². The number of hydrogen-bond donors (Lipinski definition) is 2. The minimum Gasteiger partial charge on any atom is -0.384 e. The third kappa shape index (κ3) is 1.72. The van der Waals surface area contributed by atoms with Gasteiger partial charge in [0, 0.05) is 18.3 Å². The summed E-state index contributed by atoms with van der Waals surface area (Å²) in [5, 5.41) is 2.51. The molecule has 0 atom stereocenters. The number of amides is 1. The molecule has 0 aliphatic rings. The fraction of sp³-hybridized carbons (Fsp3) is 0.250. The van der Waals surface area contributed by atoms with E-state index >= 15 is 0 Å². The number of pyridine rings is 1. The molecular weight excluding hydrogens is 154 g/mol. The Morgan fingerprint density at radius 1 is 1.58 bits per heavy atom. The molecule has 0 saturated heterocycles. The Labute approximate surface area is 70.8 Å². The molecule has 0 aliphatic heterocycles. The summed E-state index contributed by atoms with van der Waals surface area (Å²) in [5.41, 5.74) is 6.75. The molecule has 0 unspecified atom stereocenters. The van der Waals surface area contributed by atoms with Crippen LogP contribution < -0.4 is 11.1 Å². The lowest BCUT2D eigenvalue weighted by atomic mass is 10.2. The highest BCUT2D eigenvalue weighted by atomic mass is 16.1. The van der Waals surface area contributed by atoms with Crippen LogP contribution in [0.4, 0.5) is 5.82 Å². The molecule has 1 heterocycles. The lowest BCUT2D eigenvalue weighted by molar-refractivity contribution is 0.0963. The van der Waals surface area contributed by atoms with Crippen LogP contribution in [-0.4, -0.2) is 17.9 Å². The first-order chi connectivity index (χ1) is 5.63. The number of carbonyl (C=O) groups excluding carboxylic acids is 1. The smallest absolute Gasteiger partial charge is 0.251 e. The Bertz CT molecular complexity index is 289. The van der Waals surface area contributed by atoms with Crippen LogP contribution in [0.1, 0.15) is 16.1 Å². The molecule has 0 saturated carbocycles. The monoisotopic (exact) mass is 165 g/mol. The van der Waals surface area contributed by atoms with Crippen molar-refractivity contribution in [2.45, 2.75) is 6.92 Å². The molecule has 64 valence electrons. The molecule has 4 heteroatoms. The number of aryl methyl sites for hydroxylation is 1. The van der Waals surface area contributed by atoms with Gasteiger partial charge in [-0.2, -0.15) is 0 Å². The van der Waals surface area contributed by atoms with Crippen LogP contribution in [0.15, 0.2) is 12.1 Å². The Morgan fingerprint density at radius 2 is 2.25 bits per heavy atom. The molecule has 3 N–H and O–H groups in total. The maximum Gasteiger partial charge on any atom is 0.251 e. The molecule has 1 amide bonds. The van der Waals surface area contributed by atoms with Gasteiger partial charge in [-0.25, -0.2) is 4.98 Å². The topological polar surface area (TPSA) is 68.0 Å². The van der Waals surface area contributed by atoms with Crippen molar-refractivity contribution in [3.05, 3.63) is 23.4 Å². The van der Waals surface area contributed by atoms with Crippen LogP contribution in [0.3, 0.4) is 0 Å². The van der Waals surface area contributed by atoms with Crippen LogP contribution in [0.25, 0.3) is 0 Å². The number of carbonyl (C=O) groups is 1. The molecule has 0 bridgehead atoms. The summed E-state index contributed by atoms with van der Waals surface area (Å²) in [6.45, 7) is 1.79. The third-order valence-electron chi connectivity index (χ3n) is 1.46. The normalized spacial score (nSPS) is 9.50. The molecule has 0 aliphatic carbocycles. The molecule has 1 rings (SSSR count). The van der Waals surface area contributed by atoms with Crippen molar-refractivity contribution in [2.24, 2.45) is 0 Å². The van der Waals surface area contributed by atoms with Crippen LogP contribution in [0.5, 0.6) is 0 Å². The van der Waals surface area contributed by atoms with E-state index in [-0.39, 0.29) is 5.91 Å². The van der Waals surface area contributed by atoms with Crippen LogP contribution >= 0.6 is 0 Å². The van der Waals surface area contributed by atoms with E-state index in [0.717, 1.165) is 5.69 Å². The van der Waals surface area contributed by atoms with Crippen LogP contribution in [0.2, 0.25) is 0 Å². The number of rotatable bonds is 1. The zero-order chi connectivity index (χ0) is 9.14. The Kier molecular flexibility index (Phi) is 2.28. The minimum absolute atomic E-state index is 0.146. The van der Waals surface area contributed by atoms with Gasteiger partial charge in [-0.05, 0) is 19.1 Å². The van der Waals surface area contributed by atoms with Gasteiger partial charge in [0.05, 0.1) is 0 Å². The largest absolute Gasteiger partial charge is 0.384 e. The number of hydrogen-bond acceptors (Lipinski definition) is 3. The predicted molar refractivity (Wildman–Crippen MR) is 46.8 cm³/mol. The minimum atomic E-state index is -0.146. The second kappa shape index (κ2) is 3.21. The van der Waals surface area contributed by atoms with E-state index in [0.29, 0.717) is 11.4 Å². The van der Waals surface area contributed by atoms with Gasteiger partial charge in [0.25, 0.3) is 5.91 Å². The second-order valence-electron chi connectivity index (χ2n) is 2.50. The summed E-state index contributed by atoms with van der Waals surface area (Å²) < 4.78 is 0. The molecule has 0 aromatic carbocycles. The summed E-state index contributed by atoms with van der Waals surface area (Å²) in [7, 11) is 1.58. The molecule has 0 spiro atoms. The second-order valence-corrected chi connectivity index (χ2v) is 2.50. The number of nitrogens with one attached hydrogen (secondary N) is 1. The van der Waals surface area contributed by atoms with E-state index in [2.05, 4.69) is 10.3 Å². The summed E-state index contributed by atoms with van der Waals surface area (Å²) in [4.78, 5) is 15.1. The van der Waals surface area contributed by atoms with Gasteiger partial charge in [0.15, 0.2) is 0 Å². The number of anilines is 1. The maximum absolute atomic E-state index is 11.1. The van der Waals surface area contributed by atoms with Crippen LogP contribution in [-0.2, 0) is 0 Å². The van der Waals surface area contributed by atoms with Crippen molar-refractivity contribution in [3.8, 4) is 0 Å². The highest BCUT2D eigenvalue weighted by Crippen LogP contribution is 2.06. The van der Waals surface area contributed by atoms with Gasteiger partial charge in [0.2, 0.25) is 0 Å². The van der Waals surface area contributed by atoms with Gasteiger partial charge in [-0.15, -0.1) is 0 Å². The van der Waals surface area contributed by atoms with Gasteiger partial charge in [0.1, 0.15) is 5.82 Å². The predicted octanol–water partition coefficient (Wildman–Crippen LogP) is 0.332. The highest BCUT2D eigenvalue weighted by molar-refractivity contribution is 5.94. The highest BCUT2D eigenvalue weighted by Gasteiger charge is 2.04. The molecule has 0 radical (unpaired) electrons. The van der Waals surface area contributed by atoms with Gasteiger partial charge < -0.3 is 11.1 Å². The van der Waals surface area contributed by atoms with Crippen LogP contribution in [0, 0.1) is 6.92 Å². The number of aromatic nitrogens is 1. The Balaban J connectivity index is 3.08. The lowest BCUT2D eigenvalue weighted by Gasteiger charge is -2.01. The molecular formula is C8H11N3O. The maximum atomic E-state index is 11.1. The third-order valence-corrected chi connectivity index (χ3v) is 1.46. The van der Waals surface area contributed by atoms with Gasteiger partial charge >= 0.3 is 0 Å². The Hall–Kier alpha value is -1.58. The summed E-state index contributed by atoms with van der Waals surface area (Å²) >= 11 is 0. The van der Waals surface area contributed by atoms with E-state index in [1.165, 1.54) is 0 Å². The van der Waals surface area contributed by atoms with Crippen molar-refractivity contribution in [1.29, 1.82) is 0 Å². The average molecular weight is 165 g/mol. The number of nitrogens with two attached hydrogens (primary N) is 1. The van der Waals surface area contributed by atoms with Crippen molar-refractivity contribution < 1.29 is 4.79 Å². The Morgan fingerprint density at radius 3 is 2.75 bits per heavy atom. The average Bonchev–Trinajstić information content (AvgIpc) is 2.01. The fourth-order valence-corrected chi connectivity index (χ4v) is 0.970. The van der Waals surface area contributed by atoms with Crippen molar-refractivity contribution in [3.63, 3.8) is 0 Å². The fourth-order valence-electron chi connectivity index (χ4n) is 0.970.